The van der Waals surface area contributed by atoms with E-state index in [2.05, 4.69) is 43.3 Å². The summed E-state index contributed by atoms with van der Waals surface area (Å²) in [5, 5.41) is 0. The number of carbonyl (C=O) groups is 1. The van der Waals surface area contributed by atoms with Gasteiger partial charge < -0.3 is 0 Å². The molecule has 1 heterocycles. The minimum atomic E-state index is 0.221. The van der Waals surface area contributed by atoms with Crippen LogP contribution in [0.1, 0.15) is 18.9 Å². The fourth-order valence-electron chi connectivity index (χ4n) is 2.55. The first-order valence-electron chi connectivity index (χ1n) is 7.56. The molecule has 1 saturated heterocycles. The topological polar surface area (TPSA) is 20.3 Å². The Morgan fingerprint density at radius 2 is 1.68 bits per heavy atom. The molecule has 1 amide bonds. The van der Waals surface area contributed by atoms with Crippen LogP contribution in [0.4, 0.5) is 0 Å². The summed E-state index contributed by atoms with van der Waals surface area (Å²) in [6, 6.07) is 20.7. The average molecular weight is 356 g/mol. The van der Waals surface area contributed by atoms with E-state index in [1.807, 2.05) is 29.2 Å². The van der Waals surface area contributed by atoms with Gasteiger partial charge in [-0.1, -0.05) is 0 Å². The van der Waals surface area contributed by atoms with Crippen LogP contribution in [0.2, 0.25) is 0 Å². The van der Waals surface area contributed by atoms with E-state index in [1.165, 1.54) is 14.5 Å². The Balaban J connectivity index is 1.69. The van der Waals surface area contributed by atoms with Crippen molar-refractivity contribution in [1.29, 1.82) is 0 Å². The SMILES string of the molecule is CC/C([Se]c1ccccc1)=C1\CN(Cc2ccccc2)C1=O. The summed E-state index contributed by atoms with van der Waals surface area (Å²) in [7, 11) is 0. The number of hydrogen-bond acceptors (Lipinski definition) is 1. The van der Waals surface area contributed by atoms with Crippen molar-refractivity contribution in [2.75, 3.05) is 6.54 Å². The van der Waals surface area contributed by atoms with Crippen LogP contribution in [0.3, 0.4) is 0 Å². The van der Waals surface area contributed by atoms with E-state index in [-0.39, 0.29) is 20.9 Å². The standard InChI is InChI=1S/C19H19NOSe/c1-2-18(22-16-11-7-4-8-12-16)17-14-20(19(17)21)13-15-9-5-3-6-10-15/h3-12H,2,13-14H2,1H3/b18-17-. The minimum absolute atomic E-state index is 0.221. The molecule has 1 aliphatic heterocycles. The number of rotatable bonds is 5. The third-order valence-corrected chi connectivity index (χ3v) is 6.46. The van der Waals surface area contributed by atoms with Crippen molar-refractivity contribution >= 4 is 25.3 Å². The van der Waals surface area contributed by atoms with E-state index < -0.39 is 0 Å². The van der Waals surface area contributed by atoms with Crippen LogP contribution in [0.15, 0.2) is 70.7 Å². The van der Waals surface area contributed by atoms with Gasteiger partial charge in [0.2, 0.25) is 0 Å². The van der Waals surface area contributed by atoms with Gasteiger partial charge in [0.1, 0.15) is 0 Å². The van der Waals surface area contributed by atoms with Crippen LogP contribution in [0, 0.1) is 0 Å². The third kappa shape index (κ3) is 3.32. The summed E-state index contributed by atoms with van der Waals surface area (Å²) in [5.74, 6) is 0.221. The zero-order valence-electron chi connectivity index (χ0n) is 12.7. The second-order valence-corrected chi connectivity index (χ2v) is 7.77. The van der Waals surface area contributed by atoms with Crippen molar-refractivity contribution < 1.29 is 4.79 Å². The Morgan fingerprint density at radius 3 is 2.27 bits per heavy atom. The predicted molar refractivity (Wildman–Crippen MR) is 91.0 cm³/mol. The van der Waals surface area contributed by atoms with Gasteiger partial charge in [0.25, 0.3) is 0 Å². The maximum absolute atomic E-state index is 12.4. The molecular weight excluding hydrogens is 337 g/mol. The zero-order chi connectivity index (χ0) is 15.4. The van der Waals surface area contributed by atoms with Crippen molar-refractivity contribution in [3.63, 3.8) is 0 Å². The number of carbonyl (C=O) groups excluding carboxylic acids is 1. The average Bonchev–Trinajstić information content (AvgIpc) is 2.58. The van der Waals surface area contributed by atoms with E-state index in [4.69, 9.17) is 0 Å². The van der Waals surface area contributed by atoms with Crippen molar-refractivity contribution in [1.82, 2.24) is 4.90 Å². The summed E-state index contributed by atoms with van der Waals surface area (Å²) < 4.78 is 2.68. The molecule has 0 N–H and O–H groups in total. The summed E-state index contributed by atoms with van der Waals surface area (Å²) in [6.07, 6.45) is 0.967. The molecular formula is C19H19NOSe. The zero-order valence-corrected chi connectivity index (χ0v) is 14.4. The number of likely N-dealkylation sites (tertiary alicyclic amines) is 1. The second-order valence-electron chi connectivity index (χ2n) is 5.32. The molecule has 1 fully saturated rings. The van der Waals surface area contributed by atoms with Crippen LogP contribution in [-0.2, 0) is 11.3 Å². The first-order valence-corrected chi connectivity index (χ1v) is 9.27. The van der Waals surface area contributed by atoms with E-state index in [1.54, 1.807) is 0 Å². The number of amides is 1. The first kappa shape index (κ1) is 15.1. The Kier molecular flexibility index (Phi) is 4.77. The molecule has 0 atom stereocenters. The molecule has 2 aromatic carbocycles. The molecule has 3 heteroatoms. The number of β-lactam (4-membered cyclic amide) rings is 1. The molecule has 0 spiro atoms. The number of nitrogens with zero attached hydrogens (tertiary/aromatic N) is 1. The maximum atomic E-state index is 12.4. The second kappa shape index (κ2) is 6.95. The molecule has 0 unspecified atom stereocenters. The van der Waals surface area contributed by atoms with Gasteiger partial charge in [0.15, 0.2) is 0 Å². The normalized spacial score (nSPS) is 16.4. The third-order valence-electron chi connectivity index (χ3n) is 3.75. The van der Waals surface area contributed by atoms with Crippen molar-refractivity contribution in [3.8, 4) is 0 Å². The summed E-state index contributed by atoms with van der Waals surface area (Å²) in [5.41, 5.74) is 2.24. The van der Waals surface area contributed by atoms with Crippen LogP contribution in [-0.4, -0.2) is 32.3 Å². The number of hydrogen-bond donors (Lipinski definition) is 0. The summed E-state index contributed by atoms with van der Waals surface area (Å²) in [4.78, 5) is 14.4. The molecule has 0 bridgehead atoms. The quantitative estimate of drug-likeness (QED) is 0.458. The van der Waals surface area contributed by atoms with E-state index in [9.17, 15) is 4.79 Å². The summed E-state index contributed by atoms with van der Waals surface area (Å²) >= 11 is 0.264. The molecule has 0 aliphatic carbocycles. The van der Waals surface area contributed by atoms with Crippen molar-refractivity contribution in [2.45, 2.75) is 19.9 Å². The predicted octanol–water partition coefficient (Wildman–Crippen LogP) is 2.72. The molecule has 0 radical (unpaired) electrons. The molecule has 2 aromatic rings. The van der Waals surface area contributed by atoms with E-state index in [0.717, 1.165) is 25.1 Å². The fourth-order valence-corrected chi connectivity index (χ4v) is 4.64. The van der Waals surface area contributed by atoms with Crippen molar-refractivity contribution in [3.05, 3.63) is 76.3 Å². The first-order chi connectivity index (χ1) is 10.8. The van der Waals surface area contributed by atoms with Crippen LogP contribution in [0.25, 0.3) is 0 Å². The monoisotopic (exact) mass is 357 g/mol. The van der Waals surface area contributed by atoms with Gasteiger partial charge in [0, 0.05) is 0 Å². The van der Waals surface area contributed by atoms with Crippen LogP contribution >= 0.6 is 0 Å². The van der Waals surface area contributed by atoms with Gasteiger partial charge in [0.05, 0.1) is 0 Å². The molecule has 2 nitrogen and oxygen atoms in total. The number of benzene rings is 2. The number of allylic oxidation sites excluding steroid dienone is 1. The molecule has 1 aliphatic rings. The van der Waals surface area contributed by atoms with Crippen molar-refractivity contribution in [2.24, 2.45) is 0 Å². The van der Waals surface area contributed by atoms with Gasteiger partial charge >= 0.3 is 138 Å². The van der Waals surface area contributed by atoms with Gasteiger partial charge in [-0.2, -0.15) is 0 Å². The fraction of sp³-hybridized carbons (Fsp3) is 0.211. The Labute approximate surface area is 138 Å². The summed E-state index contributed by atoms with van der Waals surface area (Å²) in [6.45, 7) is 3.67. The molecule has 3 rings (SSSR count). The Morgan fingerprint density at radius 1 is 1.05 bits per heavy atom. The van der Waals surface area contributed by atoms with Gasteiger partial charge in [-0.05, 0) is 0 Å². The van der Waals surface area contributed by atoms with Crippen LogP contribution in [0.5, 0.6) is 0 Å². The molecule has 0 aromatic heterocycles. The molecule has 22 heavy (non-hydrogen) atoms. The van der Waals surface area contributed by atoms with E-state index in [0.29, 0.717) is 0 Å². The van der Waals surface area contributed by atoms with Crippen LogP contribution < -0.4 is 4.46 Å². The Bertz CT molecular complexity index is 679. The Hall–Kier alpha value is -1.83. The van der Waals surface area contributed by atoms with E-state index >= 15 is 0 Å². The molecule has 0 saturated carbocycles. The van der Waals surface area contributed by atoms with Gasteiger partial charge in [-0.25, -0.2) is 0 Å². The molecule has 112 valence electrons. The van der Waals surface area contributed by atoms with Gasteiger partial charge in [-0.15, -0.1) is 0 Å². The van der Waals surface area contributed by atoms with Gasteiger partial charge in [-0.3, -0.25) is 0 Å².